The number of Topliss-reactive ketones (excluding diaryl/α,β-unsaturated/α-hetero) is 1. The highest BCUT2D eigenvalue weighted by molar-refractivity contribution is 6.30. The maximum atomic E-state index is 13.5. The van der Waals surface area contributed by atoms with E-state index < -0.39 is 0 Å². The van der Waals surface area contributed by atoms with Crippen LogP contribution in [0.2, 0.25) is 5.02 Å². The molecular formula is C20H16ClFN4O. The monoisotopic (exact) mass is 382 g/mol. The summed E-state index contributed by atoms with van der Waals surface area (Å²) in [5, 5.41) is 0.572. The van der Waals surface area contributed by atoms with Gasteiger partial charge in [0.25, 0.3) is 0 Å². The molecule has 1 unspecified atom stereocenters. The lowest BCUT2D eigenvalue weighted by atomic mass is 9.96. The molecule has 0 amide bonds. The maximum Gasteiger partial charge on any atom is 0.216 e. The molecule has 5 nitrogen and oxygen atoms in total. The molecule has 1 aliphatic rings. The maximum absolute atomic E-state index is 13.5. The Labute approximate surface area is 160 Å². The zero-order valence-corrected chi connectivity index (χ0v) is 15.3. The van der Waals surface area contributed by atoms with Crippen LogP contribution in [0.15, 0.2) is 66.2 Å². The van der Waals surface area contributed by atoms with E-state index in [1.54, 1.807) is 48.4 Å². The molecule has 136 valence electrons. The van der Waals surface area contributed by atoms with Crippen molar-refractivity contribution in [1.82, 2.24) is 9.55 Å². The van der Waals surface area contributed by atoms with Crippen molar-refractivity contribution in [2.24, 2.45) is 4.99 Å². The second kappa shape index (κ2) is 6.96. The Hall–Kier alpha value is -2.99. The summed E-state index contributed by atoms with van der Waals surface area (Å²) in [6, 6.07) is 11.2. The molecule has 0 aliphatic carbocycles. The fourth-order valence-electron chi connectivity index (χ4n) is 3.26. The molecule has 0 N–H and O–H groups in total. The molecular weight excluding hydrogens is 367 g/mol. The van der Waals surface area contributed by atoms with Crippen molar-refractivity contribution >= 4 is 34.7 Å². The molecule has 0 radical (unpaired) electrons. The summed E-state index contributed by atoms with van der Waals surface area (Å²) in [7, 11) is 0. The quantitative estimate of drug-likeness (QED) is 0.656. The molecule has 1 aliphatic heterocycles. The van der Waals surface area contributed by atoms with Crippen LogP contribution in [0.25, 0.3) is 0 Å². The molecule has 27 heavy (non-hydrogen) atoms. The first kappa shape index (κ1) is 17.4. The number of carbonyl (C=O) groups is 1. The van der Waals surface area contributed by atoms with E-state index in [1.165, 1.54) is 12.1 Å². The minimum Gasteiger partial charge on any atom is -0.304 e. The molecule has 0 spiro atoms. The van der Waals surface area contributed by atoms with Crippen molar-refractivity contribution in [2.45, 2.75) is 19.4 Å². The Morgan fingerprint density at radius 2 is 2.00 bits per heavy atom. The van der Waals surface area contributed by atoms with E-state index in [4.69, 9.17) is 16.6 Å². The van der Waals surface area contributed by atoms with Gasteiger partial charge < -0.3 is 4.90 Å². The van der Waals surface area contributed by atoms with Crippen molar-refractivity contribution in [3.05, 3.63) is 77.6 Å². The van der Waals surface area contributed by atoms with Gasteiger partial charge >= 0.3 is 0 Å². The van der Waals surface area contributed by atoms with Crippen molar-refractivity contribution in [1.29, 1.82) is 0 Å². The van der Waals surface area contributed by atoms with Crippen LogP contribution >= 0.6 is 11.6 Å². The van der Waals surface area contributed by atoms with Gasteiger partial charge in [-0.1, -0.05) is 11.6 Å². The van der Waals surface area contributed by atoms with Gasteiger partial charge in [-0.2, -0.15) is 0 Å². The summed E-state index contributed by atoms with van der Waals surface area (Å²) >= 11 is 6.21. The number of nitrogens with zero attached hydrogens (tertiary/aromatic N) is 4. The summed E-state index contributed by atoms with van der Waals surface area (Å²) in [6.45, 7) is 1.55. The van der Waals surface area contributed by atoms with Gasteiger partial charge in [0.05, 0.1) is 11.7 Å². The third-order valence-electron chi connectivity index (χ3n) is 4.42. The summed E-state index contributed by atoms with van der Waals surface area (Å²) in [5.41, 5.74) is 2.32. The summed E-state index contributed by atoms with van der Waals surface area (Å²) < 4.78 is 15.3. The molecule has 4 rings (SSSR count). The van der Waals surface area contributed by atoms with Crippen molar-refractivity contribution in [3.63, 3.8) is 0 Å². The third kappa shape index (κ3) is 3.36. The fraction of sp³-hybridized carbons (Fsp3) is 0.150. The van der Waals surface area contributed by atoms with Crippen molar-refractivity contribution < 1.29 is 9.18 Å². The Bertz CT molecular complexity index is 1010. The van der Waals surface area contributed by atoms with Crippen molar-refractivity contribution in [2.75, 3.05) is 4.90 Å². The second-order valence-electron chi connectivity index (χ2n) is 6.35. The van der Waals surface area contributed by atoms with Crippen LogP contribution in [0.1, 0.15) is 24.9 Å². The molecule has 1 atom stereocenters. The number of hydrogen-bond donors (Lipinski definition) is 0. The number of aliphatic imine (C=N–C) groups is 1. The lowest BCUT2D eigenvalue weighted by Crippen LogP contribution is -2.41. The van der Waals surface area contributed by atoms with E-state index in [0.717, 1.165) is 16.9 Å². The van der Waals surface area contributed by atoms with Crippen LogP contribution in [-0.2, 0) is 4.79 Å². The summed E-state index contributed by atoms with van der Waals surface area (Å²) in [6.07, 6.45) is 5.34. The molecule has 2 aromatic carbocycles. The van der Waals surface area contributed by atoms with Gasteiger partial charge in [-0.25, -0.2) is 14.4 Å². The van der Waals surface area contributed by atoms with Gasteiger partial charge in [0.15, 0.2) is 0 Å². The normalized spacial score (nSPS) is 16.0. The van der Waals surface area contributed by atoms with E-state index in [-0.39, 0.29) is 24.1 Å². The average molecular weight is 383 g/mol. The van der Waals surface area contributed by atoms with Gasteiger partial charge in [0.2, 0.25) is 5.96 Å². The third-order valence-corrected chi connectivity index (χ3v) is 4.65. The summed E-state index contributed by atoms with van der Waals surface area (Å²) in [4.78, 5) is 22.8. The fourth-order valence-corrected chi connectivity index (χ4v) is 3.44. The van der Waals surface area contributed by atoms with E-state index in [9.17, 15) is 9.18 Å². The number of imidazole rings is 1. The second-order valence-corrected chi connectivity index (χ2v) is 6.79. The number of halogens is 2. The lowest BCUT2D eigenvalue weighted by Gasteiger charge is -2.38. The molecule has 0 bridgehead atoms. The summed E-state index contributed by atoms with van der Waals surface area (Å²) in [5.74, 6) is 0.286. The topological polar surface area (TPSA) is 50.5 Å². The first-order chi connectivity index (χ1) is 13.0. The molecule has 0 saturated heterocycles. The van der Waals surface area contributed by atoms with Crippen LogP contribution < -0.4 is 4.90 Å². The zero-order valence-electron chi connectivity index (χ0n) is 14.5. The average Bonchev–Trinajstić information content (AvgIpc) is 3.17. The number of hydrogen-bond acceptors (Lipinski definition) is 4. The molecule has 0 fully saturated rings. The first-order valence-electron chi connectivity index (χ1n) is 8.43. The Kier molecular flexibility index (Phi) is 4.49. The largest absolute Gasteiger partial charge is 0.304 e. The van der Waals surface area contributed by atoms with Gasteiger partial charge in [-0.15, -0.1) is 0 Å². The van der Waals surface area contributed by atoms with Gasteiger partial charge in [0.1, 0.15) is 17.9 Å². The molecule has 2 heterocycles. The van der Waals surface area contributed by atoms with E-state index in [2.05, 4.69) is 4.98 Å². The minimum atomic E-state index is -0.330. The smallest absolute Gasteiger partial charge is 0.216 e. The molecule has 3 aromatic rings. The highest BCUT2D eigenvalue weighted by Gasteiger charge is 2.33. The first-order valence-corrected chi connectivity index (χ1v) is 8.81. The number of benzene rings is 2. The predicted octanol–water partition coefficient (Wildman–Crippen LogP) is 4.75. The van der Waals surface area contributed by atoms with Crippen LogP contribution in [0.4, 0.5) is 15.8 Å². The van der Waals surface area contributed by atoms with Gasteiger partial charge in [0, 0.05) is 35.1 Å². The van der Waals surface area contributed by atoms with Crippen LogP contribution in [0.5, 0.6) is 0 Å². The number of anilines is 1. The number of carbonyl (C=O) groups excluding carboxylic acids is 1. The predicted molar refractivity (Wildman–Crippen MR) is 103 cm³/mol. The SMILES string of the molecule is CC(=O)CC1c2cc(Cl)ccc2N=C(n2ccnc2)N1c1ccc(F)cc1. The molecule has 1 aromatic heterocycles. The molecule has 0 saturated carbocycles. The standard InChI is InChI=1S/C20H16ClFN4O/c1-13(27)10-19-17-11-14(21)2-7-18(17)24-20(25-9-8-23-12-25)26(19)16-5-3-15(22)4-6-16/h2-9,11-12,19H,10H2,1H3. The highest BCUT2D eigenvalue weighted by atomic mass is 35.5. The Morgan fingerprint density at radius 3 is 2.67 bits per heavy atom. The van der Waals surface area contributed by atoms with Gasteiger partial charge in [-0.3, -0.25) is 9.36 Å². The minimum absolute atomic E-state index is 0.0323. The van der Waals surface area contributed by atoms with Crippen molar-refractivity contribution in [3.8, 4) is 0 Å². The number of fused-ring (bicyclic) bond motifs is 1. The van der Waals surface area contributed by atoms with E-state index >= 15 is 0 Å². The Balaban J connectivity index is 1.95. The zero-order chi connectivity index (χ0) is 19.0. The number of aromatic nitrogens is 2. The van der Waals surface area contributed by atoms with E-state index in [1.807, 2.05) is 17.0 Å². The molecule has 7 heteroatoms. The Morgan fingerprint density at radius 1 is 1.22 bits per heavy atom. The van der Waals surface area contributed by atoms with Crippen LogP contribution in [-0.4, -0.2) is 21.3 Å². The van der Waals surface area contributed by atoms with Crippen LogP contribution in [0, 0.1) is 5.82 Å². The number of rotatable bonds is 3. The van der Waals surface area contributed by atoms with Gasteiger partial charge in [-0.05, 0) is 49.4 Å². The number of ketones is 1. The lowest BCUT2D eigenvalue weighted by molar-refractivity contribution is -0.117. The van der Waals surface area contributed by atoms with Crippen LogP contribution in [0.3, 0.4) is 0 Å². The van der Waals surface area contributed by atoms with E-state index in [0.29, 0.717) is 11.0 Å². The highest BCUT2D eigenvalue weighted by Crippen LogP contribution is 2.41.